The van der Waals surface area contributed by atoms with Crippen LogP contribution in [-0.4, -0.2) is 7.11 Å². The van der Waals surface area contributed by atoms with E-state index in [0.29, 0.717) is 18.3 Å². The van der Waals surface area contributed by atoms with Gasteiger partial charge in [0.05, 0.1) is 5.38 Å². The van der Waals surface area contributed by atoms with Crippen LogP contribution in [0, 0.1) is 11.7 Å². The molecule has 0 amide bonds. The molecule has 0 aliphatic heterocycles. The first-order valence-corrected chi connectivity index (χ1v) is 8.64. The van der Waals surface area contributed by atoms with Crippen LogP contribution >= 0.6 is 11.6 Å². The van der Waals surface area contributed by atoms with Gasteiger partial charge in [-0.15, -0.1) is 11.6 Å². The number of methoxy groups -OCH3 is 1. The fourth-order valence-corrected chi connectivity index (χ4v) is 3.79. The number of alkyl halides is 1. The van der Waals surface area contributed by atoms with Gasteiger partial charge in [-0.2, -0.15) is 0 Å². The van der Waals surface area contributed by atoms with Crippen molar-refractivity contribution in [3.63, 3.8) is 0 Å². The molecule has 1 saturated carbocycles. The lowest BCUT2D eigenvalue weighted by Gasteiger charge is -2.26. The second-order valence-electron chi connectivity index (χ2n) is 6.23. The average molecular weight is 337 g/mol. The van der Waals surface area contributed by atoms with E-state index in [-0.39, 0.29) is 11.2 Å². The highest BCUT2D eigenvalue weighted by atomic mass is 35.5. The minimum atomic E-state index is -0.255. The van der Waals surface area contributed by atoms with E-state index in [1.54, 1.807) is 19.2 Å². The Bertz CT molecular complexity index is 629. The van der Waals surface area contributed by atoms with Gasteiger partial charge in [0.25, 0.3) is 0 Å². The molecule has 3 rings (SSSR count). The Labute approximate surface area is 141 Å². The zero-order valence-corrected chi connectivity index (χ0v) is 14.1. The summed E-state index contributed by atoms with van der Waals surface area (Å²) in [5.41, 5.74) is 1.86. The normalized spacial score (nSPS) is 17.3. The fourth-order valence-electron chi connectivity index (χ4n) is 3.36. The Hall–Kier alpha value is -1.32. The van der Waals surface area contributed by atoms with Gasteiger partial charge in [-0.05, 0) is 49.1 Å². The van der Waals surface area contributed by atoms with Crippen LogP contribution in [0.25, 0.3) is 11.3 Å². The molecule has 1 fully saturated rings. The summed E-state index contributed by atoms with van der Waals surface area (Å²) in [6, 6.07) is 8.31. The summed E-state index contributed by atoms with van der Waals surface area (Å²) in [5.74, 6) is 1.72. The minimum Gasteiger partial charge on any atom is -0.458 e. The van der Waals surface area contributed by atoms with Crippen LogP contribution in [0.2, 0.25) is 0 Å². The lowest BCUT2D eigenvalue weighted by Crippen LogP contribution is -2.13. The van der Waals surface area contributed by atoms with Gasteiger partial charge in [-0.1, -0.05) is 19.3 Å². The molecule has 1 atom stereocenters. The molecule has 1 aromatic heterocycles. The van der Waals surface area contributed by atoms with E-state index in [2.05, 4.69) is 0 Å². The van der Waals surface area contributed by atoms with Crippen molar-refractivity contribution in [2.75, 3.05) is 7.11 Å². The third-order valence-electron chi connectivity index (χ3n) is 4.61. The highest BCUT2D eigenvalue weighted by Gasteiger charge is 2.27. The molecule has 1 aromatic carbocycles. The molecule has 1 unspecified atom stereocenters. The second kappa shape index (κ2) is 7.50. The molecule has 0 N–H and O–H groups in total. The number of furan rings is 1. The highest BCUT2D eigenvalue weighted by molar-refractivity contribution is 6.21. The van der Waals surface area contributed by atoms with Gasteiger partial charge in [-0.3, -0.25) is 0 Å². The smallest absolute Gasteiger partial charge is 0.135 e. The predicted molar refractivity (Wildman–Crippen MR) is 90.0 cm³/mol. The van der Waals surface area contributed by atoms with E-state index in [0.717, 1.165) is 29.7 Å². The lowest BCUT2D eigenvalue weighted by atomic mass is 9.84. The Morgan fingerprint density at radius 1 is 1.22 bits per heavy atom. The van der Waals surface area contributed by atoms with E-state index < -0.39 is 0 Å². The molecule has 1 aliphatic rings. The topological polar surface area (TPSA) is 22.4 Å². The Morgan fingerprint density at radius 3 is 2.57 bits per heavy atom. The van der Waals surface area contributed by atoms with Crippen molar-refractivity contribution in [1.82, 2.24) is 0 Å². The maximum Gasteiger partial charge on any atom is 0.135 e. The van der Waals surface area contributed by atoms with E-state index in [1.165, 1.54) is 31.4 Å². The molecule has 0 radical (unpaired) electrons. The van der Waals surface area contributed by atoms with Crippen molar-refractivity contribution in [1.29, 1.82) is 0 Å². The number of halogens is 2. The number of benzene rings is 1. The van der Waals surface area contributed by atoms with Crippen molar-refractivity contribution in [2.45, 2.75) is 44.1 Å². The molecule has 1 aliphatic carbocycles. The molecule has 124 valence electrons. The van der Waals surface area contributed by atoms with Crippen LogP contribution in [0.1, 0.15) is 48.8 Å². The maximum absolute atomic E-state index is 13.1. The summed E-state index contributed by atoms with van der Waals surface area (Å²) in [5, 5.41) is -0.0570. The maximum atomic E-state index is 13.1. The number of hydrogen-bond donors (Lipinski definition) is 0. The van der Waals surface area contributed by atoms with E-state index in [4.69, 9.17) is 20.8 Å². The van der Waals surface area contributed by atoms with Crippen LogP contribution in [-0.2, 0) is 11.3 Å². The van der Waals surface area contributed by atoms with Crippen molar-refractivity contribution >= 4 is 11.6 Å². The minimum absolute atomic E-state index is 0.0570. The zero-order chi connectivity index (χ0) is 16.2. The Kier molecular flexibility index (Phi) is 5.39. The van der Waals surface area contributed by atoms with Crippen LogP contribution in [0.5, 0.6) is 0 Å². The molecular formula is C19H22ClFO2. The average Bonchev–Trinajstić information content (AvgIpc) is 3.00. The summed E-state index contributed by atoms with van der Waals surface area (Å²) >= 11 is 6.78. The van der Waals surface area contributed by atoms with Crippen LogP contribution in [0.4, 0.5) is 4.39 Å². The van der Waals surface area contributed by atoms with E-state index in [9.17, 15) is 4.39 Å². The van der Waals surface area contributed by atoms with Crippen LogP contribution in [0.3, 0.4) is 0 Å². The van der Waals surface area contributed by atoms with Gasteiger partial charge < -0.3 is 9.15 Å². The van der Waals surface area contributed by atoms with Gasteiger partial charge in [0.2, 0.25) is 0 Å². The summed E-state index contributed by atoms with van der Waals surface area (Å²) in [4.78, 5) is 0. The quantitative estimate of drug-likeness (QED) is 0.616. The molecule has 0 bridgehead atoms. The zero-order valence-electron chi connectivity index (χ0n) is 13.4. The number of hydrogen-bond acceptors (Lipinski definition) is 2. The van der Waals surface area contributed by atoms with Crippen LogP contribution < -0.4 is 0 Å². The molecule has 0 spiro atoms. The SMILES string of the molecule is COCc1oc(-c2ccc(F)cc2)cc1C(Cl)C1CCCCC1. The summed E-state index contributed by atoms with van der Waals surface area (Å²) < 4.78 is 24.3. The van der Waals surface area contributed by atoms with Gasteiger partial charge >= 0.3 is 0 Å². The summed E-state index contributed by atoms with van der Waals surface area (Å²) in [7, 11) is 1.65. The highest BCUT2D eigenvalue weighted by Crippen LogP contribution is 2.42. The lowest BCUT2D eigenvalue weighted by molar-refractivity contribution is 0.163. The van der Waals surface area contributed by atoms with Gasteiger partial charge in [-0.25, -0.2) is 4.39 Å². The first-order chi connectivity index (χ1) is 11.2. The number of rotatable bonds is 5. The monoisotopic (exact) mass is 336 g/mol. The number of ether oxygens (including phenoxy) is 1. The third kappa shape index (κ3) is 3.78. The standard InChI is InChI=1S/C19H22ClFO2/c1-22-12-18-16(19(20)14-5-3-2-4-6-14)11-17(23-18)13-7-9-15(21)10-8-13/h7-11,14,19H,2-6,12H2,1H3. The molecule has 0 saturated heterocycles. The van der Waals surface area contributed by atoms with Crippen LogP contribution in [0.15, 0.2) is 34.7 Å². The first-order valence-electron chi connectivity index (χ1n) is 8.20. The Balaban J connectivity index is 1.90. The van der Waals surface area contributed by atoms with E-state index >= 15 is 0 Å². The molecule has 1 heterocycles. The molecular weight excluding hydrogens is 315 g/mol. The second-order valence-corrected chi connectivity index (χ2v) is 6.70. The fraction of sp³-hybridized carbons (Fsp3) is 0.474. The van der Waals surface area contributed by atoms with Crippen molar-refractivity contribution in [3.05, 3.63) is 47.5 Å². The largest absolute Gasteiger partial charge is 0.458 e. The predicted octanol–water partition coefficient (Wildman–Crippen LogP) is 6.09. The third-order valence-corrected chi connectivity index (χ3v) is 5.20. The van der Waals surface area contributed by atoms with Gasteiger partial charge in [0.1, 0.15) is 23.9 Å². The van der Waals surface area contributed by atoms with Gasteiger partial charge in [0, 0.05) is 18.2 Å². The van der Waals surface area contributed by atoms with Gasteiger partial charge in [0.15, 0.2) is 0 Å². The molecule has 2 aromatic rings. The first kappa shape index (κ1) is 16.5. The summed E-state index contributed by atoms with van der Waals surface area (Å²) in [6.07, 6.45) is 6.12. The molecule has 4 heteroatoms. The molecule has 2 nitrogen and oxygen atoms in total. The van der Waals surface area contributed by atoms with E-state index in [1.807, 2.05) is 6.07 Å². The summed E-state index contributed by atoms with van der Waals surface area (Å²) in [6.45, 7) is 0.395. The van der Waals surface area contributed by atoms with Crippen molar-refractivity contribution < 1.29 is 13.5 Å². The Morgan fingerprint density at radius 2 is 1.91 bits per heavy atom. The van der Waals surface area contributed by atoms with Crippen molar-refractivity contribution in [2.24, 2.45) is 5.92 Å². The molecule has 23 heavy (non-hydrogen) atoms. The van der Waals surface area contributed by atoms with Crippen molar-refractivity contribution in [3.8, 4) is 11.3 Å².